The molecule has 0 unspecified atom stereocenters. The molecule has 0 saturated carbocycles. The van der Waals surface area contributed by atoms with Gasteiger partial charge in [-0.05, 0) is 60.7 Å². The molecule has 0 atom stereocenters. The Labute approximate surface area is 164 Å². The zero-order chi connectivity index (χ0) is 20.2. The molecule has 0 aliphatic rings. The van der Waals surface area contributed by atoms with Crippen molar-refractivity contribution < 1.29 is 18.3 Å². The van der Waals surface area contributed by atoms with E-state index in [0.717, 1.165) is 12.1 Å². The first-order valence-electron chi connectivity index (χ1n) is 8.60. The molecule has 0 aliphatic carbocycles. The van der Waals surface area contributed by atoms with Crippen molar-refractivity contribution in [2.75, 3.05) is 5.32 Å². The highest BCUT2D eigenvalue weighted by Crippen LogP contribution is 2.22. The van der Waals surface area contributed by atoms with Crippen molar-refractivity contribution in [1.29, 1.82) is 0 Å². The Bertz CT molecular complexity index is 1130. The highest BCUT2D eigenvalue weighted by atomic mass is 19.2. The Morgan fingerprint density at radius 3 is 2.31 bits per heavy atom. The topological polar surface area (TPSA) is 69.0 Å². The second-order valence-electron chi connectivity index (χ2n) is 6.03. The molecule has 0 spiro atoms. The normalized spacial score (nSPS) is 10.6. The Hall–Kier alpha value is -4.07. The third-order valence-electron chi connectivity index (χ3n) is 4.01. The van der Waals surface area contributed by atoms with Crippen LogP contribution >= 0.6 is 0 Å². The number of carbonyl (C=O) groups is 1. The maximum absolute atomic E-state index is 13.3. The zero-order valence-electron chi connectivity index (χ0n) is 14.9. The highest BCUT2D eigenvalue weighted by molar-refractivity contribution is 6.04. The van der Waals surface area contributed by atoms with E-state index in [-0.39, 0.29) is 5.56 Å². The van der Waals surface area contributed by atoms with Crippen LogP contribution in [0.1, 0.15) is 10.4 Å². The van der Waals surface area contributed by atoms with E-state index in [2.05, 4.69) is 15.5 Å². The van der Waals surface area contributed by atoms with Gasteiger partial charge in [0.15, 0.2) is 17.5 Å². The highest BCUT2D eigenvalue weighted by Gasteiger charge is 2.10. The van der Waals surface area contributed by atoms with Crippen molar-refractivity contribution >= 4 is 11.6 Å². The summed E-state index contributed by atoms with van der Waals surface area (Å²) in [6.45, 7) is 0. The third-order valence-corrected chi connectivity index (χ3v) is 4.01. The predicted octanol–water partition coefficient (Wildman–Crippen LogP) is 4.59. The van der Waals surface area contributed by atoms with Crippen LogP contribution in [0.5, 0.6) is 11.6 Å². The second kappa shape index (κ2) is 7.89. The maximum Gasteiger partial charge on any atom is 0.255 e. The molecule has 8 heteroatoms. The summed E-state index contributed by atoms with van der Waals surface area (Å²) in [6, 6.07) is 16.7. The van der Waals surface area contributed by atoms with E-state index in [1.807, 2.05) is 29.1 Å². The first kappa shape index (κ1) is 18.3. The number of carbonyl (C=O) groups excluding carboxylic acids is 1. The molecule has 6 nitrogen and oxygen atoms in total. The number of hydrogen-bond acceptors (Lipinski definition) is 4. The number of halogens is 2. The molecular formula is C21H14F2N4O2. The molecule has 1 amide bonds. The van der Waals surface area contributed by atoms with Gasteiger partial charge in [0, 0.05) is 29.7 Å². The summed E-state index contributed by atoms with van der Waals surface area (Å²) in [5.74, 6) is -1.15. The Morgan fingerprint density at radius 1 is 0.897 bits per heavy atom. The zero-order valence-corrected chi connectivity index (χ0v) is 14.9. The van der Waals surface area contributed by atoms with E-state index in [1.54, 1.807) is 36.4 Å². The van der Waals surface area contributed by atoms with Gasteiger partial charge in [-0.3, -0.25) is 4.79 Å². The van der Waals surface area contributed by atoms with Gasteiger partial charge in [0.1, 0.15) is 5.75 Å². The van der Waals surface area contributed by atoms with Gasteiger partial charge < -0.3 is 14.6 Å². The fraction of sp³-hybridized carbons (Fsp3) is 0. The molecular weight excluding hydrogens is 378 g/mol. The van der Waals surface area contributed by atoms with Gasteiger partial charge in [0.2, 0.25) is 5.88 Å². The summed E-state index contributed by atoms with van der Waals surface area (Å²) in [4.78, 5) is 12.1. The average molecular weight is 392 g/mol. The molecule has 2 aromatic carbocycles. The quantitative estimate of drug-likeness (QED) is 0.539. The Morgan fingerprint density at radius 2 is 1.66 bits per heavy atom. The number of benzene rings is 2. The van der Waals surface area contributed by atoms with Gasteiger partial charge in [0.05, 0.1) is 0 Å². The molecule has 144 valence electrons. The van der Waals surface area contributed by atoms with Gasteiger partial charge in [-0.25, -0.2) is 8.78 Å². The van der Waals surface area contributed by atoms with Gasteiger partial charge in [-0.1, -0.05) is 0 Å². The minimum absolute atomic E-state index is 0.0160. The number of aromatic nitrogens is 3. The minimum atomic E-state index is -1.08. The molecule has 0 radical (unpaired) electrons. The minimum Gasteiger partial charge on any atom is -0.438 e. The first-order chi connectivity index (χ1) is 14.1. The fourth-order valence-electron chi connectivity index (χ4n) is 2.56. The van der Waals surface area contributed by atoms with Gasteiger partial charge >= 0.3 is 0 Å². The summed E-state index contributed by atoms with van der Waals surface area (Å²) in [7, 11) is 0. The molecule has 1 N–H and O–H groups in total. The van der Waals surface area contributed by atoms with Crippen molar-refractivity contribution in [2.45, 2.75) is 0 Å². The van der Waals surface area contributed by atoms with Crippen LogP contribution in [0.2, 0.25) is 0 Å². The number of anilines is 1. The SMILES string of the molecule is O=C(Nc1ccc(Oc2ccc(-n3cccc3)nn2)cc1)c1ccc(F)c(F)c1. The number of rotatable bonds is 5. The molecule has 29 heavy (non-hydrogen) atoms. The van der Waals surface area contributed by atoms with E-state index >= 15 is 0 Å². The van der Waals surface area contributed by atoms with Gasteiger partial charge in [0.25, 0.3) is 5.91 Å². The van der Waals surface area contributed by atoms with E-state index < -0.39 is 17.5 Å². The predicted molar refractivity (Wildman–Crippen MR) is 102 cm³/mol. The molecule has 2 heterocycles. The van der Waals surface area contributed by atoms with Crippen LogP contribution in [0.4, 0.5) is 14.5 Å². The van der Waals surface area contributed by atoms with Crippen LogP contribution in [0.15, 0.2) is 79.1 Å². The molecule has 4 aromatic rings. The van der Waals surface area contributed by atoms with Crippen LogP contribution < -0.4 is 10.1 Å². The van der Waals surface area contributed by atoms with Gasteiger partial charge in [-0.2, -0.15) is 0 Å². The monoisotopic (exact) mass is 392 g/mol. The molecule has 0 fully saturated rings. The fourth-order valence-corrected chi connectivity index (χ4v) is 2.56. The lowest BCUT2D eigenvalue weighted by molar-refractivity contribution is 0.102. The molecule has 0 aliphatic heterocycles. The standard InChI is InChI=1S/C21H14F2N4O2/c22-17-8-3-14(13-18(17)23)21(28)24-15-4-6-16(7-5-15)29-20-10-9-19(25-26-20)27-11-1-2-12-27/h1-13H,(H,24,28). The molecule has 0 saturated heterocycles. The summed E-state index contributed by atoms with van der Waals surface area (Å²) in [5, 5.41) is 10.7. The molecule has 0 bridgehead atoms. The van der Waals surface area contributed by atoms with E-state index in [1.165, 1.54) is 6.07 Å². The third kappa shape index (κ3) is 4.27. The number of ether oxygens (including phenoxy) is 1. The van der Waals surface area contributed by atoms with Crippen LogP contribution in [-0.4, -0.2) is 20.7 Å². The lowest BCUT2D eigenvalue weighted by atomic mass is 10.2. The van der Waals surface area contributed by atoms with Crippen LogP contribution in [0, 0.1) is 11.6 Å². The summed E-state index contributed by atoms with van der Waals surface area (Å²) >= 11 is 0. The Balaban J connectivity index is 1.40. The number of amides is 1. The first-order valence-corrected chi connectivity index (χ1v) is 8.60. The molecule has 2 aromatic heterocycles. The number of nitrogens with zero attached hydrogens (tertiary/aromatic N) is 3. The number of nitrogens with one attached hydrogen (secondary N) is 1. The van der Waals surface area contributed by atoms with Crippen LogP contribution in [-0.2, 0) is 0 Å². The van der Waals surface area contributed by atoms with Crippen molar-refractivity contribution in [3.8, 4) is 17.4 Å². The van der Waals surface area contributed by atoms with Crippen molar-refractivity contribution in [1.82, 2.24) is 14.8 Å². The van der Waals surface area contributed by atoms with E-state index in [4.69, 9.17) is 4.74 Å². The van der Waals surface area contributed by atoms with E-state index in [9.17, 15) is 13.6 Å². The lowest BCUT2D eigenvalue weighted by Gasteiger charge is -2.08. The Kier molecular flexibility index (Phi) is 4.98. The summed E-state index contributed by atoms with van der Waals surface area (Å²) < 4.78 is 33.7. The number of hydrogen-bond donors (Lipinski definition) is 1. The van der Waals surface area contributed by atoms with E-state index in [0.29, 0.717) is 23.1 Å². The summed E-state index contributed by atoms with van der Waals surface area (Å²) in [5.41, 5.74) is 0.489. The second-order valence-corrected chi connectivity index (χ2v) is 6.03. The van der Waals surface area contributed by atoms with Gasteiger partial charge in [-0.15, -0.1) is 10.2 Å². The summed E-state index contributed by atoms with van der Waals surface area (Å²) in [6.07, 6.45) is 3.72. The molecule has 4 rings (SSSR count). The van der Waals surface area contributed by atoms with Crippen LogP contribution in [0.3, 0.4) is 0 Å². The average Bonchev–Trinajstić information content (AvgIpc) is 3.27. The largest absolute Gasteiger partial charge is 0.438 e. The van der Waals surface area contributed by atoms with Crippen molar-refractivity contribution in [2.24, 2.45) is 0 Å². The smallest absolute Gasteiger partial charge is 0.255 e. The van der Waals surface area contributed by atoms with Crippen LogP contribution in [0.25, 0.3) is 5.82 Å². The maximum atomic E-state index is 13.3. The van der Waals surface area contributed by atoms with Crippen molar-refractivity contribution in [3.63, 3.8) is 0 Å². The van der Waals surface area contributed by atoms with Crippen molar-refractivity contribution in [3.05, 3.63) is 96.3 Å². The lowest BCUT2D eigenvalue weighted by Crippen LogP contribution is -2.12.